The van der Waals surface area contributed by atoms with Crippen molar-refractivity contribution in [1.82, 2.24) is 5.01 Å². The highest BCUT2D eigenvalue weighted by Gasteiger charge is 2.41. The maximum Gasteiger partial charge on any atom is 0.213 e. The molecule has 2 atom stereocenters. The predicted molar refractivity (Wildman–Crippen MR) is 122 cm³/mol. The molecule has 0 amide bonds. The molecular formula is C25H23BrN2O2. The quantitative estimate of drug-likeness (QED) is 0.434. The maximum absolute atomic E-state index is 6.45. The molecular weight excluding hydrogens is 440 g/mol. The van der Waals surface area contributed by atoms with Gasteiger partial charge in [0.1, 0.15) is 11.5 Å². The van der Waals surface area contributed by atoms with Gasteiger partial charge in [0.25, 0.3) is 0 Å². The van der Waals surface area contributed by atoms with Crippen LogP contribution in [0.2, 0.25) is 0 Å². The maximum atomic E-state index is 6.45. The first-order valence-electron chi connectivity index (χ1n) is 10.3. The van der Waals surface area contributed by atoms with Crippen molar-refractivity contribution in [2.75, 3.05) is 6.61 Å². The van der Waals surface area contributed by atoms with Crippen LogP contribution in [0.1, 0.15) is 48.7 Å². The fourth-order valence-corrected chi connectivity index (χ4v) is 4.41. The van der Waals surface area contributed by atoms with Crippen LogP contribution in [0.4, 0.5) is 0 Å². The highest BCUT2D eigenvalue weighted by molar-refractivity contribution is 9.10. The lowest BCUT2D eigenvalue weighted by molar-refractivity contribution is -0.0191. The van der Waals surface area contributed by atoms with Crippen molar-refractivity contribution in [2.45, 2.75) is 32.0 Å². The molecule has 0 saturated heterocycles. The van der Waals surface area contributed by atoms with E-state index >= 15 is 0 Å². The number of rotatable bonds is 5. The van der Waals surface area contributed by atoms with Crippen molar-refractivity contribution >= 4 is 21.6 Å². The molecule has 30 heavy (non-hydrogen) atoms. The third-order valence-electron chi connectivity index (χ3n) is 5.50. The molecule has 4 nitrogen and oxygen atoms in total. The van der Waals surface area contributed by atoms with Crippen molar-refractivity contribution in [2.24, 2.45) is 5.10 Å². The first-order valence-corrected chi connectivity index (χ1v) is 11.1. The van der Waals surface area contributed by atoms with Crippen molar-refractivity contribution in [3.8, 4) is 11.5 Å². The van der Waals surface area contributed by atoms with Crippen molar-refractivity contribution in [3.63, 3.8) is 0 Å². The second kappa shape index (κ2) is 8.15. The van der Waals surface area contributed by atoms with Gasteiger partial charge < -0.3 is 9.47 Å². The summed E-state index contributed by atoms with van der Waals surface area (Å²) in [7, 11) is 0. The van der Waals surface area contributed by atoms with E-state index in [1.54, 1.807) is 0 Å². The van der Waals surface area contributed by atoms with Gasteiger partial charge >= 0.3 is 0 Å². The molecule has 2 unspecified atom stereocenters. The number of halogens is 1. The topological polar surface area (TPSA) is 34.1 Å². The minimum atomic E-state index is -0.273. The lowest BCUT2D eigenvalue weighted by atomic mass is 9.96. The van der Waals surface area contributed by atoms with Crippen molar-refractivity contribution in [3.05, 3.63) is 94.0 Å². The van der Waals surface area contributed by atoms with Gasteiger partial charge in [-0.1, -0.05) is 53.2 Å². The molecule has 0 spiro atoms. The Morgan fingerprint density at radius 3 is 2.63 bits per heavy atom. The Bertz CT molecular complexity index is 1070. The van der Waals surface area contributed by atoms with Crippen LogP contribution in [0, 0.1) is 0 Å². The van der Waals surface area contributed by atoms with Crippen LogP contribution in [0.3, 0.4) is 0 Å². The molecule has 0 N–H and O–H groups in total. The summed E-state index contributed by atoms with van der Waals surface area (Å²) in [4.78, 5) is 0. The molecule has 3 aromatic carbocycles. The minimum Gasteiger partial charge on any atom is -0.494 e. The summed E-state index contributed by atoms with van der Waals surface area (Å²) in [5.41, 5.74) is 4.48. The average molecular weight is 463 g/mol. The van der Waals surface area contributed by atoms with E-state index in [1.165, 1.54) is 5.56 Å². The molecule has 2 aliphatic heterocycles. The standard InChI is InChI=1S/C25H23BrN2O2/c1-2-14-29-20-11-8-18(9-12-20)25-28-23(21-15-19(26)10-13-24(21)30-25)16-22(27-28)17-6-4-3-5-7-17/h3-13,15,23,25H,2,14,16H2,1H3. The SMILES string of the molecule is CCCOc1ccc(C2Oc3ccc(Br)cc3C3CC(c4ccccc4)=NN32)cc1. The number of hydrogen-bond donors (Lipinski definition) is 0. The van der Waals surface area contributed by atoms with Gasteiger partial charge in [-0.3, -0.25) is 0 Å². The Hall–Kier alpha value is -2.79. The summed E-state index contributed by atoms with van der Waals surface area (Å²) >= 11 is 3.61. The van der Waals surface area contributed by atoms with E-state index < -0.39 is 0 Å². The van der Waals surface area contributed by atoms with Crippen LogP contribution < -0.4 is 9.47 Å². The van der Waals surface area contributed by atoms with Gasteiger partial charge in [0.15, 0.2) is 0 Å². The van der Waals surface area contributed by atoms with Gasteiger partial charge in [-0.05, 0) is 54.4 Å². The lowest BCUT2D eigenvalue weighted by Gasteiger charge is -2.38. The van der Waals surface area contributed by atoms with Crippen molar-refractivity contribution in [1.29, 1.82) is 0 Å². The molecule has 152 valence electrons. The number of hydrazone groups is 1. The normalized spacial score (nSPS) is 19.5. The average Bonchev–Trinajstić information content (AvgIpc) is 3.24. The summed E-state index contributed by atoms with van der Waals surface area (Å²) in [6.45, 7) is 2.83. The Morgan fingerprint density at radius 2 is 1.87 bits per heavy atom. The van der Waals surface area contributed by atoms with Gasteiger partial charge in [0.05, 0.1) is 18.4 Å². The third-order valence-corrected chi connectivity index (χ3v) is 5.99. The summed E-state index contributed by atoms with van der Waals surface area (Å²) < 4.78 is 13.2. The Labute approximate surface area is 185 Å². The zero-order valence-electron chi connectivity index (χ0n) is 16.8. The van der Waals surface area contributed by atoms with E-state index in [0.717, 1.165) is 52.3 Å². The molecule has 2 heterocycles. The molecule has 0 aliphatic carbocycles. The van der Waals surface area contributed by atoms with Gasteiger partial charge in [-0.25, -0.2) is 5.01 Å². The molecule has 5 heteroatoms. The monoisotopic (exact) mass is 462 g/mol. The number of nitrogens with zero attached hydrogens (tertiary/aromatic N) is 2. The highest BCUT2D eigenvalue weighted by Crippen LogP contribution is 2.48. The second-order valence-electron chi connectivity index (χ2n) is 7.58. The summed E-state index contributed by atoms with van der Waals surface area (Å²) in [5.74, 6) is 1.80. The van der Waals surface area contributed by atoms with Gasteiger partial charge in [-0.15, -0.1) is 0 Å². The molecule has 2 aliphatic rings. The van der Waals surface area contributed by atoms with Crippen LogP contribution >= 0.6 is 15.9 Å². The summed E-state index contributed by atoms with van der Waals surface area (Å²) in [5, 5.41) is 7.13. The molecule has 0 fully saturated rings. The predicted octanol–water partition coefficient (Wildman–Crippen LogP) is 6.48. The highest BCUT2D eigenvalue weighted by atomic mass is 79.9. The molecule has 0 aromatic heterocycles. The van der Waals surface area contributed by atoms with E-state index in [-0.39, 0.29) is 12.3 Å². The van der Waals surface area contributed by atoms with E-state index in [9.17, 15) is 0 Å². The van der Waals surface area contributed by atoms with Gasteiger partial charge in [-0.2, -0.15) is 5.10 Å². The van der Waals surface area contributed by atoms with Gasteiger partial charge in [0, 0.05) is 22.0 Å². The molecule has 0 bridgehead atoms. The second-order valence-corrected chi connectivity index (χ2v) is 8.50. The van der Waals surface area contributed by atoms with Crippen LogP contribution in [-0.4, -0.2) is 17.3 Å². The summed E-state index contributed by atoms with van der Waals surface area (Å²) in [6, 6.07) is 24.9. The third kappa shape index (κ3) is 3.58. The van der Waals surface area contributed by atoms with Crippen molar-refractivity contribution < 1.29 is 9.47 Å². The first kappa shape index (κ1) is 19.2. The fraction of sp³-hybridized carbons (Fsp3) is 0.240. The molecule has 3 aromatic rings. The molecule has 5 rings (SSSR count). The zero-order valence-corrected chi connectivity index (χ0v) is 18.4. The fourth-order valence-electron chi connectivity index (χ4n) is 4.03. The van der Waals surface area contributed by atoms with E-state index in [1.807, 2.05) is 30.3 Å². The number of hydrogen-bond acceptors (Lipinski definition) is 4. The molecule has 0 saturated carbocycles. The Kier molecular flexibility index (Phi) is 5.21. The van der Waals surface area contributed by atoms with E-state index in [0.29, 0.717) is 0 Å². The smallest absolute Gasteiger partial charge is 0.213 e. The van der Waals surface area contributed by atoms with Crippen LogP contribution in [-0.2, 0) is 0 Å². The Morgan fingerprint density at radius 1 is 1.07 bits per heavy atom. The van der Waals surface area contributed by atoms with Crippen LogP contribution in [0.15, 0.2) is 82.4 Å². The van der Waals surface area contributed by atoms with Crippen LogP contribution in [0.5, 0.6) is 11.5 Å². The van der Waals surface area contributed by atoms with E-state index in [2.05, 4.69) is 70.3 Å². The minimum absolute atomic E-state index is 0.141. The lowest BCUT2D eigenvalue weighted by Crippen LogP contribution is -2.33. The number of fused-ring (bicyclic) bond motifs is 3. The summed E-state index contributed by atoms with van der Waals surface area (Å²) in [6.07, 6.45) is 1.57. The zero-order chi connectivity index (χ0) is 20.5. The van der Waals surface area contributed by atoms with E-state index in [4.69, 9.17) is 14.6 Å². The van der Waals surface area contributed by atoms with Gasteiger partial charge in [0.2, 0.25) is 6.23 Å². The molecule has 0 radical (unpaired) electrons. The largest absolute Gasteiger partial charge is 0.494 e. The number of benzene rings is 3. The van der Waals surface area contributed by atoms with Crippen LogP contribution in [0.25, 0.3) is 0 Å². The first-order chi connectivity index (χ1) is 14.7. The number of ether oxygens (including phenoxy) is 2. The Balaban J connectivity index is 1.52.